The summed E-state index contributed by atoms with van der Waals surface area (Å²) >= 11 is 0. The van der Waals surface area contributed by atoms with E-state index in [1.165, 1.54) is 9.80 Å². The smallest absolute Gasteiger partial charge is 0.228 e. The first-order valence-corrected chi connectivity index (χ1v) is 6.67. The number of benzene rings is 1. The molecule has 2 fully saturated rings. The molecule has 2 amide bonds. The maximum absolute atomic E-state index is 13.2. The summed E-state index contributed by atoms with van der Waals surface area (Å²) in [4.78, 5) is 26.8. The molecule has 0 aliphatic carbocycles. The van der Waals surface area contributed by atoms with Gasteiger partial charge in [0, 0.05) is 37.8 Å². The zero-order chi connectivity index (χ0) is 15.1. The molecule has 1 N–H and O–H groups in total. The molecule has 0 saturated carbocycles. The van der Waals surface area contributed by atoms with Gasteiger partial charge in [-0.1, -0.05) is 0 Å². The maximum Gasteiger partial charge on any atom is 0.228 e. The van der Waals surface area contributed by atoms with Crippen molar-refractivity contribution >= 4 is 17.5 Å². The van der Waals surface area contributed by atoms with Crippen LogP contribution in [0.25, 0.3) is 0 Å². The number of anilines is 1. The van der Waals surface area contributed by atoms with Crippen molar-refractivity contribution < 1.29 is 23.5 Å². The number of nitrogens with zero attached hydrogens (tertiary/aromatic N) is 2. The van der Waals surface area contributed by atoms with Gasteiger partial charge in [0.25, 0.3) is 0 Å². The van der Waals surface area contributed by atoms with Gasteiger partial charge in [-0.2, -0.15) is 0 Å². The molecule has 2 aliphatic rings. The van der Waals surface area contributed by atoms with Gasteiger partial charge in [-0.3, -0.25) is 9.59 Å². The molecule has 1 aromatic carbocycles. The van der Waals surface area contributed by atoms with Crippen LogP contribution in [0.3, 0.4) is 0 Å². The van der Waals surface area contributed by atoms with E-state index in [1.54, 1.807) is 0 Å². The Morgan fingerprint density at radius 1 is 1.14 bits per heavy atom. The average molecular weight is 296 g/mol. The van der Waals surface area contributed by atoms with Crippen molar-refractivity contribution in [2.45, 2.75) is 12.5 Å². The Labute approximate surface area is 119 Å². The molecule has 1 atom stereocenters. The molecule has 2 heterocycles. The van der Waals surface area contributed by atoms with Crippen molar-refractivity contribution in [2.75, 3.05) is 24.5 Å². The molecule has 0 bridgehead atoms. The maximum atomic E-state index is 13.2. The Morgan fingerprint density at radius 3 is 2.33 bits per heavy atom. The molecule has 0 aromatic heterocycles. The minimum atomic E-state index is -0.765. The molecule has 1 aromatic rings. The summed E-state index contributed by atoms with van der Waals surface area (Å²) in [5.41, 5.74) is 0.122. The van der Waals surface area contributed by atoms with Crippen LogP contribution in [0.15, 0.2) is 18.2 Å². The second kappa shape index (κ2) is 5.07. The second-order valence-corrected chi connectivity index (χ2v) is 5.43. The summed E-state index contributed by atoms with van der Waals surface area (Å²) in [6, 6.07) is 2.87. The quantitative estimate of drug-likeness (QED) is 0.865. The summed E-state index contributed by atoms with van der Waals surface area (Å²) in [5, 5.41) is 9.20. The van der Waals surface area contributed by atoms with Crippen LogP contribution in [-0.2, 0) is 9.59 Å². The Kier molecular flexibility index (Phi) is 3.36. The average Bonchev–Trinajstić information content (AvgIpc) is 2.75. The third kappa shape index (κ3) is 2.61. The van der Waals surface area contributed by atoms with Gasteiger partial charge in [-0.05, 0) is 12.1 Å². The highest BCUT2D eigenvalue weighted by atomic mass is 19.1. The van der Waals surface area contributed by atoms with E-state index in [0.717, 1.165) is 18.2 Å². The molecule has 0 radical (unpaired) electrons. The first kappa shape index (κ1) is 13.9. The Balaban J connectivity index is 1.74. The predicted octanol–water partition coefficient (Wildman–Crippen LogP) is 0.521. The number of aliphatic hydroxyl groups excluding tert-OH is 1. The van der Waals surface area contributed by atoms with Crippen LogP contribution < -0.4 is 4.90 Å². The fourth-order valence-corrected chi connectivity index (χ4v) is 2.71. The molecule has 3 rings (SSSR count). The first-order valence-electron chi connectivity index (χ1n) is 6.67. The van der Waals surface area contributed by atoms with Gasteiger partial charge < -0.3 is 14.9 Å². The third-order valence-corrected chi connectivity index (χ3v) is 3.81. The van der Waals surface area contributed by atoms with Crippen LogP contribution in [0.5, 0.6) is 0 Å². The zero-order valence-corrected chi connectivity index (χ0v) is 11.1. The Morgan fingerprint density at radius 2 is 1.76 bits per heavy atom. The number of carbonyl (C=O) groups is 2. The van der Waals surface area contributed by atoms with Crippen molar-refractivity contribution in [3.05, 3.63) is 29.8 Å². The van der Waals surface area contributed by atoms with Gasteiger partial charge in [-0.15, -0.1) is 0 Å². The zero-order valence-electron chi connectivity index (χ0n) is 11.1. The van der Waals surface area contributed by atoms with Gasteiger partial charge >= 0.3 is 0 Å². The van der Waals surface area contributed by atoms with E-state index in [0.29, 0.717) is 0 Å². The molecule has 112 valence electrons. The molecule has 5 nitrogen and oxygen atoms in total. The van der Waals surface area contributed by atoms with E-state index in [4.69, 9.17) is 0 Å². The number of likely N-dealkylation sites (tertiary alicyclic amines) is 1. The molecule has 2 saturated heterocycles. The van der Waals surface area contributed by atoms with Crippen molar-refractivity contribution in [1.82, 2.24) is 4.90 Å². The van der Waals surface area contributed by atoms with E-state index in [2.05, 4.69) is 0 Å². The van der Waals surface area contributed by atoms with E-state index >= 15 is 0 Å². The highest BCUT2D eigenvalue weighted by Gasteiger charge is 2.40. The molecular formula is C14H14F2N2O3. The highest BCUT2D eigenvalue weighted by Crippen LogP contribution is 2.28. The molecule has 1 unspecified atom stereocenters. The van der Waals surface area contributed by atoms with Crippen LogP contribution in [0.4, 0.5) is 14.5 Å². The van der Waals surface area contributed by atoms with E-state index in [-0.39, 0.29) is 43.6 Å². The standard InChI is InChI=1S/C14H14F2N2O3/c15-9-2-10(16)4-11(3-9)18-5-8(1-13(18)20)14(21)17-6-12(19)7-17/h2-4,8,12,19H,1,5-7H2. The molecular weight excluding hydrogens is 282 g/mol. The topological polar surface area (TPSA) is 60.9 Å². The first-order chi connectivity index (χ1) is 9.94. The number of carbonyl (C=O) groups excluding carboxylic acids is 2. The van der Waals surface area contributed by atoms with Crippen LogP contribution in [0.2, 0.25) is 0 Å². The lowest BCUT2D eigenvalue weighted by Gasteiger charge is -2.37. The summed E-state index contributed by atoms with van der Waals surface area (Å²) in [6.45, 7) is 0.656. The van der Waals surface area contributed by atoms with Gasteiger partial charge in [0.15, 0.2) is 0 Å². The molecule has 21 heavy (non-hydrogen) atoms. The highest BCUT2D eigenvalue weighted by molar-refractivity contribution is 6.00. The number of rotatable bonds is 2. The third-order valence-electron chi connectivity index (χ3n) is 3.81. The summed E-state index contributed by atoms with van der Waals surface area (Å²) in [5.74, 6) is -2.60. The molecule has 0 spiro atoms. The predicted molar refractivity (Wildman–Crippen MR) is 69.4 cm³/mol. The normalized spacial score (nSPS) is 22.6. The number of hydrogen-bond acceptors (Lipinski definition) is 3. The SMILES string of the molecule is O=C(C1CC(=O)N(c2cc(F)cc(F)c2)C1)N1CC(O)C1. The lowest BCUT2D eigenvalue weighted by molar-refractivity contribution is -0.145. The van der Waals surface area contributed by atoms with E-state index < -0.39 is 23.7 Å². The van der Waals surface area contributed by atoms with Crippen LogP contribution in [0, 0.1) is 17.6 Å². The number of hydrogen-bond donors (Lipinski definition) is 1. The van der Waals surface area contributed by atoms with Crippen molar-refractivity contribution in [1.29, 1.82) is 0 Å². The Hall–Kier alpha value is -2.02. The van der Waals surface area contributed by atoms with Crippen molar-refractivity contribution in [3.8, 4) is 0 Å². The van der Waals surface area contributed by atoms with Gasteiger partial charge in [0.1, 0.15) is 11.6 Å². The van der Waals surface area contributed by atoms with Crippen molar-refractivity contribution in [2.24, 2.45) is 5.92 Å². The van der Waals surface area contributed by atoms with Crippen LogP contribution in [-0.4, -0.2) is 47.6 Å². The monoisotopic (exact) mass is 296 g/mol. The summed E-state index contributed by atoms with van der Waals surface area (Å²) in [7, 11) is 0. The fourth-order valence-electron chi connectivity index (χ4n) is 2.71. The summed E-state index contributed by atoms with van der Waals surface area (Å²) in [6.07, 6.45) is -0.483. The lowest BCUT2D eigenvalue weighted by Crippen LogP contribution is -2.55. The number of amides is 2. The van der Waals surface area contributed by atoms with Crippen LogP contribution >= 0.6 is 0 Å². The van der Waals surface area contributed by atoms with E-state index in [9.17, 15) is 23.5 Å². The summed E-state index contributed by atoms with van der Waals surface area (Å²) < 4.78 is 26.4. The second-order valence-electron chi connectivity index (χ2n) is 5.43. The number of halogens is 2. The van der Waals surface area contributed by atoms with Gasteiger partial charge in [0.2, 0.25) is 11.8 Å². The number of aliphatic hydroxyl groups is 1. The number of β-amino-alcohol motifs (C(OH)–C–C–N with tert-alkyl or cyclic N) is 1. The van der Waals surface area contributed by atoms with E-state index in [1.807, 2.05) is 0 Å². The van der Waals surface area contributed by atoms with Crippen molar-refractivity contribution in [3.63, 3.8) is 0 Å². The minimum Gasteiger partial charge on any atom is -0.389 e. The molecule has 7 heteroatoms. The molecule has 2 aliphatic heterocycles. The Bertz CT molecular complexity index is 582. The minimum absolute atomic E-state index is 0.0174. The largest absolute Gasteiger partial charge is 0.389 e. The van der Waals surface area contributed by atoms with Gasteiger partial charge in [-0.25, -0.2) is 8.78 Å². The van der Waals surface area contributed by atoms with Crippen LogP contribution in [0.1, 0.15) is 6.42 Å². The fraction of sp³-hybridized carbons (Fsp3) is 0.429. The lowest BCUT2D eigenvalue weighted by atomic mass is 10.0. The van der Waals surface area contributed by atoms with Gasteiger partial charge in [0.05, 0.1) is 12.0 Å².